The Bertz CT molecular complexity index is 1170. The molecule has 0 aromatic carbocycles. The monoisotopic (exact) mass is 951 g/mol. The van der Waals surface area contributed by atoms with Crippen LogP contribution < -0.4 is 0 Å². The zero-order valence-electron chi connectivity index (χ0n) is 45.4. The predicted octanol–water partition coefficient (Wildman–Crippen LogP) is 20.2. The van der Waals surface area contributed by atoms with Crippen molar-refractivity contribution in [2.75, 3.05) is 13.2 Å². The van der Waals surface area contributed by atoms with Crippen LogP contribution in [0.5, 0.6) is 0 Å². The van der Waals surface area contributed by atoms with Gasteiger partial charge in [-0.1, -0.05) is 299 Å². The summed E-state index contributed by atoms with van der Waals surface area (Å²) in [5.74, 6) is -0.573. The molecule has 0 aromatic heterocycles. The highest BCUT2D eigenvalue weighted by Gasteiger charge is 2.16. The van der Waals surface area contributed by atoms with Crippen molar-refractivity contribution in [1.29, 1.82) is 0 Å². The molecule has 0 saturated heterocycles. The third-order valence-corrected chi connectivity index (χ3v) is 13.3. The maximum absolute atomic E-state index is 12.3. The molecule has 0 rings (SSSR count). The van der Waals surface area contributed by atoms with Crippen LogP contribution in [0.3, 0.4) is 0 Å². The third kappa shape index (κ3) is 56.2. The van der Waals surface area contributed by atoms with Gasteiger partial charge in [0.1, 0.15) is 6.61 Å². The number of hydrogen-bond acceptors (Lipinski definition) is 5. The van der Waals surface area contributed by atoms with Gasteiger partial charge in [0.05, 0.1) is 6.61 Å². The molecule has 1 unspecified atom stereocenters. The second kappa shape index (κ2) is 58.9. The molecule has 1 atom stereocenters. The van der Waals surface area contributed by atoms with Gasteiger partial charge in [-0.2, -0.15) is 0 Å². The van der Waals surface area contributed by atoms with E-state index in [4.69, 9.17) is 9.47 Å². The number of unbranched alkanes of at least 4 members (excludes halogenated alkanes) is 37. The summed E-state index contributed by atoms with van der Waals surface area (Å²) in [4.78, 5) is 24.5. The molecule has 0 fully saturated rings. The second-order valence-electron chi connectivity index (χ2n) is 20.1. The molecule has 0 amide bonds. The highest BCUT2D eigenvalue weighted by atomic mass is 16.6. The zero-order valence-corrected chi connectivity index (χ0v) is 45.4. The Labute approximate surface area is 423 Å². The van der Waals surface area contributed by atoms with E-state index in [9.17, 15) is 14.7 Å². The SMILES string of the molecule is CC/C=C\C/C=C\C/C=C\C/C=C\C/C=C\CCCCCCCCCCCCCCCCCCCC(=O)OC(CO)COC(=O)CCCCCCCCCCCCCCCCCCCCCCC. The quantitative estimate of drug-likeness (QED) is 0.0374. The van der Waals surface area contributed by atoms with E-state index in [1.807, 2.05) is 0 Å². The van der Waals surface area contributed by atoms with Gasteiger partial charge in [-0.3, -0.25) is 9.59 Å². The molecule has 0 aliphatic rings. The maximum Gasteiger partial charge on any atom is 0.306 e. The number of aliphatic hydroxyl groups is 1. The first-order chi connectivity index (χ1) is 33.6. The fourth-order valence-electron chi connectivity index (χ4n) is 8.88. The largest absolute Gasteiger partial charge is 0.462 e. The lowest BCUT2D eigenvalue weighted by molar-refractivity contribution is -0.161. The van der Waals surface area contributed by atoms with Crippen LogP contribution in [0.15, 0.2) is 60.8 Å². The molecular weight excluding hydrogens is 837 g/mol. The lowest BCUT2D eigenvalue weighted by atomic mass is 10.0. The molecule has 5 heteroatoms. The van der Waals surface area contributed by atoms with Gasteiger partial charge < -0.3 is 14.6 Å². The predicted molar refractivity (Wildman–Crippen MR) is 297 cm³/mol. The van der Waals surface area contributed by atoms with Crippen molar-refractivity contribution in [1.82, 2.24) is 0 Å². The van der Waals surface area contributed by atoms with Crippen molar-refractivity contribution in [2.45, 2.75) is 315 Å². The average Bonchev–Trinajstić information content (AvgIpc) is 3.34. The zero-order chi connectivity index (χ0) is 49.2. The number of ether oxygens (including phenoxy) is 2. The fourth-order valence-corrected chi connectivity index (χ4v) is 8.88. The first-order valence-corrected chi connectivity index (χ1v) is 29.8. The van der Waals surface area contributed by atoms with E-state index in [2.05, 4.69) is 74.6 Å². The summed E-state index contributed by atoms with van der Waals surface area (Å²) in [6, 6.07) is 0. The van der Waals surface area contributed by atoms with Crippen molar-refractivity contribution in [3.63, 3.8) is 0 Å². The highest BCUT2D eigenvalue weighted by Crippen LogP contribution is 2.17. The minimum atomic E-state index is -0.771. The standard InChI is InChI=1S/C63H114O5/c1-3-5-7-9-11-13-15-17-19-21-23-25-26-27-28-29-30-31-32-33-34-35-36-38-40-42-44-46-48-50-52-54-56-58-63(66)68-61(59-64)60-67-62(65)57-55-53-51-49-47-45-43-41-39-37-24-22-20-18-16-14-12-10-8-6-4-2/h5,7,11,13,17,19,23,25,27-28,61,64H,3-4,6,8-10,12,14-16,18,20-22,24,26,29-60H2,1-2H3/b7-5-,13-11-,19-17-,25-23-,28-27-. The Morgan fingerprint density at radius 2 is 0.632 bits per heavy atom. The topological polar surface area (TPSA) is 72.8 Å². The number of allylic oxidation sites excluding steroid dienone is 10. The number of aliphatic hydroxyl groups excluding tert-OH is 1. The second-order valence-corrected chi connectivity index (χ2v) is 20.1. The van der Waals surface area contributed by atoms with Crippen LogP contribution in [-0.2, 0) is 19.1 Å². The molecule has 5 nitrogen and oxygen atoms in total. The van der Waals surface area contributed by atoms with Gasteiger partial charge in [0.2, 0.25) is 0 Å². The van der Waals surface area contributed by atoms with E-state index in [0.29, 0.717) is 12.8 Å². The molecule has 1 N–H and O–H groups in total. The number of carbonyl (C=O) groups is 2. The summed E-state index contributed by atoms with van der Waals surface area (Å²) < 4.78 is 10.7. The first kappa shape index (κ1) is 65.6. The summed E-state index contributed by atoms with van der Waals surface area (Å²) in [5.41, 5.74) is 0. The fraction of sp³-hybridized carbons (Fsp3) is 0.810. The minimum Gasteiger partial charge on any atom is -0.462 e. The average molecular weight is 952 g/mol. The number of carbonyl (C=O) groups excluding carboxylic acids is 2. The van der Waals surface area contributed by atoms with Crippen LogP contribution in [0.4, 0.5) is 0 Å². The number of esters is 2. The summed E-state index contributed by atoms with van der Waals surface area (Å²) >= 11 is 0. The van der Waals surface area contributed by atoms with Crippen LogP contribution in [0.1, 0.15) is 309 Å². The van der Waals surface area contributed by atoms with Crippen LogP contribution in [0.2, 0.25) is 0 Å². The van der Waals surface area contributed by atoms with Crippen molar-refractivity contribution in [3.05, 3.63) is 60.8 Å². The lowest BCUT2D eigenvalue weighted by Gasteiger charge is -2.15. The van der Waals surface area contributed by atoms with Gasteiger partial charge in [-0.15, -0.1) is 0 Å². The molecule has 0 aromatic rings. The molecule has 0 aliphatic carbocycles. The Kier molecular flexibility index (Phi) is 56.8. The summed E-state index contributed by atoms with van der Waals surface area (Å²) in [6.45, 7) is 4.07. The molecule has 68 heavy (non-hydrogen) atoms. The Morgan fingerprint density at radius 3 is 0.956 bits per heavy atom. The van der Waals surface area contributed by atoms with Gasteiger partial charge >= 0.3 is 11.9 Å². The molecule has 0 heterocycles. The molecule has 0 bridgehead atoms. The minimum absolute atomic E-state index is 0.0613. The van der Waals surface area contributed by atoms with E-state index in [-0.39, 0.29) is 25.2 Å². The lowest BCUT2D eigenvalue weighted by Crippen LogP contribution is -2.28. The van der Waals surface area contributed by atoms with Crippen LogP contribution in [-0.4, -0.2) is 36.4 Å². The molecule has 0 radical (unpaired) electrons. The molecular formula is C63H114O5. The Balaban J connectivity index is 3.44. The summed E-state index contributed by atoms with van der Waals surface area (Å²) in [5, 5.41) is 9.66. The van der Waals surface area contributed by atoms with Gasteiger partial charge in [0.15, 0.2) is 6.10 Å². The Morgan fingerprint density at radius 1 is 0.353 bits per heavy atom. The molecule has 0 spiro atoms. The normalized spacial score (nSPS) is 12.6. The first-order valence-electron chi connectivity index (χ1n) is 29.8. The summed E-state index contributed by atoms with van der Waals surface area (Å²) in [6.07, 6.45) is 79.2. The van der Waals surface area contributed by atoms with Gasteiger partial charge in [0.25, 0.3) is 0 Å². The van der Waals surface area contributed by atoms with Crippen LogP contribution >= 0.6 is 0 Å². The highest BCUT2D eigenvalue weighted by molar-refractivity contribution is 5.70. The van der Waals surface area contributed by atoms with Crippen LogP contribution in [0.25, 0.3) is 0 Å². The summed E-state index contributed by atoms with van der Waals surface area (Å²) in [7, 11) is 0. The van der Waals surface area contributed by atoms with Gasteiger partial charge in [-0.05, 0) is 57.8 Å². The van der Waals surface area contributed by atoms with Crippen molar-refractivity contribution in [3.8, 4) is 0 Å². The Hall–Kier alpha value is -2.40. The molecule has 396 valence electrons. The van der Waals surface area contributed by atoms with Gasteiger partial charge in [-0.25, -0.2) is 0 Å². The number of hydrogen-bond donors (Lipinski definition) is 1. The van der Waals surface area contributed by atoms with E-state index < -0.39 is 6.10 Å². The van der Waals surface area contributed by atoms with E-state index in [1.54, 1.807) is 0 Å². The number of rotatable bonds is 55. The maximum atomic E-state index is 12.3. The van der Waals surface area contributed by atoms with Crippen molar-refractivity contribution < 1.29 is 24.2 Å². The van der Waals surface area contributed by atoms with Crippen LogP contribution in [0, 0.1) is 0 Å². The van der Waals surface area contributed by atoms with E-state index in [1.165, 1.54) is 218 Å². The van der Waals surface area contributed by atoms with Crippen molar-refractivity contribution >= 4 is 11.9 Å². The van der Waals surface area contributed by atoms with Crippen molar-refractivity contribution in [2.24, 2.45) is 0 Å². The van der Waals surface area contributed by atoms with Gasteiger partial charge in [0, 0.05) is 12.8 Å². The molecule has 0 aliphatic heterocycles. The third-order valence-electron chi connectivity index (χ3n) is 13.3. The van der Waals surface area contributed by atoms with E-state index in [0.717, 1.165) is 64.2 Å². The van der Waals surface area contributed by atoms with E-state index >= 15 is 0 Å². The smallest absolute Gasteiger partial charge is 0.306 e. The molecule has 0 saturated carbocycles.